The van der Waals surface area contributed by atoms with Gasteiger partial charge < -0.3 is 5.11 Å². The van der Waals surface area contributed by atoms with Gasteiger partial charge in [0.15, 0.2) is 0 Å². The van der Waals surface area contributed by atoms with Crippen LogP contribution in [0.15, 0.2) is 47.6 Å². The number of hydrogen-bond donors (Lipinski definition) is 1. The van der Waals surface area contributed by atoms with Gasteiger partial charge in [-0.25, -0.2) is 0 Å². The smallest absolute Gasteiger partial charge is 0.0626 e. The first-order valence-corrected chi connectivity index (χ1v) is 5.99. The standard InChI is InChI=1S/C14H15N3O/c15-17-16-14(6-3-9-18)13-8-7-11-4-1-2-5-12(11)10-13/h1-2,4-5,7-8,10,14,18H,3,6,9H2. The maximum atomic E-state index is 8.87. The first kappa shape index (κ1) is 12.4. The van der Waals surface area contributed by atoms with Crippen molar-refractivity contribution < 1.29 is 5.11 Å². The van der Waals surface area contributed by atoms with Crippen LogP contribution in [0.25, 0.3) is 21.2 Å². The van der Waals surface area contributed by atoms with Crippen LogP contribution in [0.2, 0.25) is 0 Å². The minimum Gasteiger partial charge on any atom is -0.396 e. The predicted octanol–water partition coefficient (Wildman–Crippen LogP) is 3.96. The van der Waals surface area contributed by atoms with Crippen molar-refractivity contribution in [3.8, 4) is 0 Å². The quantitative estimate of drug-likeness (QED) is 0.480. The van der Waals surface area contributed by atoms with Gasteiger partial charge in [0.05, 0.1) is 6.04 Å². The highest BCUT2D eigenvalue weighted by atomic mass is 16.2. The molecule has 0 bridgehead atoms. The van der Waals surface area contributed by atoms with E-state index in [1.807, 2.05) is 36.4 Å². The van der Waals surface area contributed by atoms with Crippen LogP contribution in [0.4, 0.5) is 0 Å². The lowest BCUT2D eigenvalue weighted by molar-refractivity contribution is 0.280. The van der Waals surface area contributed by atoms with Crippen molar-refractivity contribution in [2.45, 2.75) is 18.9 Å². The van der Waals surface area contributed by atoms with Gasteiger partial charge in [0.2, 0.25) is 0 Å². The Kier molecular flexibility index (Phi) is 4.18. The Hall–Kier alpha value is -2.03. The van der Waals surface area contributed by atoms with Crippen LogP contribution in [0.3, 0.4) is 0 Å². The maximum absolute atomic E-state index is 8.87. The third-order valence-electron chi connectivity index (χ3n) is 2.98. The van der Waals surface area contributed by atoms with Crippen LogP contribution in [0.1, 0.15) is 24.4 Å². The van der Waals surface area contributed by atoms with Crippen LogP contribution in [0, 0.1) is 0 Å². The van der Waals surface area contributed by atoms with Gasteiger partial charge in [0, 0.05) is 11.5 Å². The average molecular weight is 241 g/mol. The first-order chi connectivity index (χ1) is 8.85. The Morgan fingerprint density at radius 1 is 1.17 bits per heavy atom. The number of aliphatic hydroxyl groups excluding tert-OH is 1. The molecule has 1 N–H and O–H groups in total. The second kappa shape index (κ2) is 6.05. The van der Waals surface area contributed by atoms with Crippen LogP contribution in [0.5, 0.6) is 0 Å². The van der Waals surface area contributed by atoms with Crippen molar-refractivity contribution in [3.63, 3.8) is 0 Å². The fraction of sp³-hybridized carbons (Fsp3) is 0.286. The lowest BCUT2D eigenvalue weighted by Crippen LogP contribution is -1.96. The van der Waals surface area contributed by atoms with E-state index in [1.165, 1.54) is 5.39 Å². The molecule has 0 heterocycles. The van der Waals surface area contributed by atoms with Crippen molar-refractivity contribution >= 4 is 10.8 Å². The molecule has 0 aromatic heterocycles. The molecule has 0 spiro atoms. The molecule has 0 saturated carbocycles. The summed E-state index contributed by atoms with van der Waals surface area (Å²) >= 11 is 0. The average Bonchev–Trinajstić information content (AvgIpc) is 2.43. The molecule has 0 aliphatic carbocycles. The topological polar surface area (TPSA) is 69.0 Å². The number of nitrogens with zero attached hydrogens (tertiary/aromatic N) is 3. The van der Waals surface area contributed by atoms with E-state index in [0.29, 0.717) is 12.8 Å². The minimum absolute atomic E-state index is 0.116. The van der Waals surface area contributed by atoms with Crippen LogP contribution >= 0.6 is 0 Å². The SMILES string of the molecule is [N-]=[N+]=NC(CCCO)c1ccc2ccccc2c1. The second-order valence-corrected chi connectivity index (χ2v) is 4.19. The van der Waals surface area contributed by atoms with E-state index >= 15 is 0 Å². The molecule has 0 aliphatic heterocycles. The summed E-state index contributed by atoms with van der Waals surface area (Å²) in [7, 11) is 0. The number of rotatable bonds is 5. The number of azide groups is 1. The van der Waals surface area contributed by atoms with Gasteiger partial charge in [-0.05, 0) is 34.7 Å². The summed E-state index contributed by atoms with van der Waals surface area (Å²) in [4.78, 5) is 2.89. The van der Waals surface area contributed by atoms with Crippen molar-refractivity contribution in [2.75, 3.05) is 6.61 Å². The Balaban J connectivity index is 2.34. The Labute approximate surface area is 106 Å². The molecule has 2 rings (SSSR count). The number of hydrogen-bond acceptors (Lipinski definition) is 2. The zero-order valence-electron chi connectivity index (χ0n) is 10.0. The van der Waals surface area contributed by atoms with Gasteiger partial charge in [0.25, 0.3) is 0 Å². The van der Waals surface area contributed by atoms with Crippen molar-refractivity contribution in [3.05, 3.63) is 58.5 Å². The molecular weight excluding hydrogens is 226 g/mol. The molecule has 92 valence electrons. The lowest BCUT2D eigenvalue weighted by Gasteiger charge is -2.11. The molecule has 0 fully saturated rings. The number of fused-ring (bicyclic) bond motifs is 1. The molecular formula is C14H15N3O. The van der Waals surface area contributed by atoms with Gasteiger partial charge in [0.1, 0.15) is 0 Å². The zero-order chi connectivity index (χ0) is 12.8. The fourth-order valence-corrected chi connectivity index (χ4v) is 2.05. The molecule has 1 unspecified atom stereocenters. The molecule has 1 atom stereocenters. The minimum atomic E-state index is -0.202. The molecule has 0 amide bonds. The predicted molar refractivity (Wildman–Crippen MR) is 72.2 cm³/mol. The Morgan fingerprint density at radius 3 is 2.67 bits per heavy atom. The molecule has 18 heavy (non-hydrogen) atoms. The highest BCUT2D eigenvalue weighted by molar-refractivity contribution is 5.83. The maximum Gasteiger partial charge on any atom is 0.0626 e. The third kappa shape index (κ3) is 2.80. The van der Waals surface area contributed by atoms with E-state index in [0.717, 1.165) is 10.9 Å². The first-order valence-electron chi connectivity index (χ1n) is 5.99. The Morgan fingerprint density at radius 2 is 1.94 bits per heavy atom. The molecule has 0 saturated heterocycles. The van der Waals surface area contributed by atoms with Gasteiger partial charge in [-0.3, -0.25) is 0 Å². The van der Waals surface area contributed by atoms with E-state index in [-0.39, 0.29) is 12.6 Å². The van der Waals surface area contributed by atoms with E-state index < -0.39 is 0 Å². The summed E-state index contributed by atoms with van der Waals surface area (Å²) in [5, 5.41) is 15.0. The van der Waals surface area contributed by atoms with Crippen molar-refractivity contribution in [1.29, 1.82) is 0 Å². The van der Waals surface area contributed by atoms with Crippen LogP contribution < -0.4 is 0 Å². The van der Waals surface area contributed by atoms with E-state index in [1.54, 1.807) is 0 Å². The molecule has 2 aromatic carbocycles. The number of benzene rings is 2. The van der Waals surface area contributed by atoms with Crippen LogP contribution in [-0.4, -0.2) is 11.7 Å². The van der Waals surface area contributed by atoms with Gasteiger partial charge >= 0.3 is 0 Å². The lowest BCUT2D eigenvalue weighted by atomic mass is 9.99. The normalized spacial score (nSPS) is 12.1. The van der Waals surface area contributed by atoms with Crippen molar-refractivity contribution in [2.24, 2.45) is 5.11 Å². The van der Waals surface area contributed by atoms with Crippen molar-refractivity contribution in [1.82, 2.24) is 0 Å². The second-order valence-electron chi connectivity index (χ2n) is 4.19. The monoisotopic (exact) mass is 241 g/mol. The van der Waals surface area contributed by atoms with Gasteiger partial charge in [-0.15, -0.1) is 0 Å². The molecule has 4 heteroatoms. The number of aliphatic hydroxyl groups is 1. The summed E-state index contributed by atoms with van der Waals surface area (Å²) in [6.07, 6.45) is 1.30. The molecule has 2 aromatic rings. The fourth-order valence-electron chi connectivity index (χ4n) is 2.05. The van der Waals surface area contributed by atoms with E-state index in [9.17, 15) is 0 Å². The Bertz CT molecular complexity index is 576. The summed E-state index contributed by atoms with van der Waals surface area (Å²) in [6.45, 7) is 0.116. The highest BCUT2D eigenvalue weighted by Gasteiger charge is 2.09. The zero-order valence-corrected chi connectivity index (χ0v) is 10.0. The molecule has 0 aliphatic rings. The summed E-state index contributed by atoms with van der Waals surface area (Å²) in [5.41, 5.74) is 9.61. The van der Waals surface area contributed by atoms with E-state index in [4.69, 9.17) is 10.6 Å². The molecule has 0 radical (unpaired) electrons. The highest BCUT2D eigenvalue weighted by Crippen LogP contribution is 2.26. The third-order valence-corrected chi connectivity index (χ3v) is 2.98. The van der Waals surface area contributed by atoms with Crippen LogP contribution in [-0.2, 0) is 0 Å². The summed E-state index contributed by atoms with van der Waals surface area (Å²) in [5.74, 6) is 0. The molecule has 4 nitrogen and oxygen atoms in total. The summed E-state index contributed by atoms with van der Waals surface area (Å²) < 4.78 is 0. The van der Waals surface area contributed by atoms with Gasteiger partial charge in [-0.2, -0.15) is 0 Å². The largest absolute Gasteiger partial charge is 0.396 e. The van der Waals surface area contributed by atoms with E-state index in [2.05, 4.69) is 16.1 Å². The summed E-state index contributed by atoms with van der Waals surface area (Å²) in [6, 6.07) is 13.9. The van der Waals surface area contributed by atoms with Gasteiger partial charge in [-0.1, -0.05) is 47.6 Å².